The van der Waals surface area contributed by atoms with E-state index in [1.54, 1.807) is 48.5 Å². The third-order valence-corrected chi connectivity index (χ3v) is 5.43. The maximum atomic E-state index is 13.0. The first-order valence-corrected chi connectivity index (χ1v) is 12.1. The van der Waals surface area contributed by atoms with Gasteiger partial charge in [-0.1, -0.05) is 0 Å². The molecule has 0 spiro atoms. The Morgan fingerprint density at radius 2 is 0.872 bits per heavy atom. The summed E-state index contributed by atoms with van der Waals surface area (Å²) in [5, 5.41) is 5.49. The number of carbonyl (C=O) groups excluding carboxylic acids is 2. The van der Waals surface area contributed by atoms with Crippen molar-refractivity contribution in [1.29, 1.82) is 0 Å². The number of ether oxygens (including phenoxy) is 3. The lowest BCUT2D eigenvalue weighted by molar-refractivity contribution is 0.0764. The van der Waals surface area contributed by atoms with Crippen molar-refractivity contribution in [3.05, 3.63) is 120 Å². The van der Waals surface area contributed by atoms with E-state index in [0.717, 1.165) is 0 Å². The second kappa shape index (κ2) is 13.7. The highest BCUT2D eigenvalue weighted by atomic mass is 19.1. The van der Waals surface area contributed by atoms with Gasteiger partial charge in [0, 0.05) is 22.5 Å². The van der Waals surface area contributed by atoms with E-state index in [1.165, 1.54) is 48.5 Å². The number of rotatable bonds is 12. The molecule has 0 radical (unpaired) electrons. The fourth-order valence-corrected chi connectivity index (χ4v) is 3.42. The zero-order chi connectivity index (χ0) is 27.5. The molecule has 0 aliphatic rings. The van der Waals surface area contributed by atoms with Crippen LogP contribution >= 0.6 is 0 Å². The second-order valence-electron chi connectivity index (χ2n) is 8.28. The first-order valence-electron chi connectivity index (χ1n) is 12.1. The van der Waals surface area contributed by atoms with Crippen LogP contribution in [0.1, 0.15) is 20.7 Å². The predicted molar refractivity (Wildman–Crippen MR) is 143 cm³/mol. The molecule has 0 unspecified atom stereocenters. The molecule has 0 aliphatic carbocycles. The van der Waals surface area contributed by atoms with Crippen molar-refractivity contribution in [3.63, 3.8) is 0 Å². The average molecular weight is 533 g/mol. The largest absolute Gasteiger partial charge is 0.491 e. The number of amides is 2. The molecular formula is C30H26F2N2O5. The Hall–Kier alpha value is -4.76. The molecule has 4 rings (SSSR count). The lowest BCUT2D eigenvalue weighted by atomic mass is 10.2. The molecule has 0 heterocycles. The van der Waals surface area contributed by atoms with Crippen LogP contribution in [0.25, 0.3) is 0 Å². The molecule has 0 atom stereocenters. The maximum absolute atomic E-state index is 13.0. The van der Waals surface area contributed by atoms with Crippen molar-refractivity contribution in [3.8, 4) is 11.5 Å². The lowest BCUT2D eigenvalue weighted by Crippen LogP contribution is -2.13. The van der Waals surface area contributed by atoms with Crippen LogP contribution in [0.15, 0.2) is 97.1 Å². The van der Waals surface area contributed by atoms with Crippen molar-refractivity contribution < 1.29 is 32.6 Å². The standard InChI is InChI=1S/C30H26F2N2O5/c31-23-5-1-21(2-6-23)29(35)33-25-9-13-27(14-10-25)38-19-17-37-18-20-39-28-15-11-26(12-16-28)34-30(36)22-3-7-24(32)8-4-22/h1-16H,17-20H2,(H,33,35)(H,34,36). The number of anilines is 2. The van der Waals surface area contributed by atoms with Gasteiger partial charge in [0.25, 0.3) is 11.8 Å². The van der Waals surface area contributed by atoms with Gasteiger partial charge >= 0.3 is 0 Å². The van der Waals surface area contributed by atoms with Gasteiger partial charge in [-0.05, 0) is 97.1 Å². The lowest BCUT2D eigenvalue weighted by Gasteiger charge is -2.10. The summed E-state index contributed by atoms with van der Waals surface area (Å²) >= 11 is 0. The summed E-state index contributed by atoms with van der Waals surface area (Å²) in [5.74, 6) is -0.206. The topological polar surface area (TPSA) is 85.9 Å². The molecule has 0 aliphatic heterocycles. The monoisotopic (exact) mass is 532 g/mol. The van der Waals surface area contributed by atoms with Gasteiger partial charge in [0.15, 0.2) is 0 Å². The highest BCUT2D eigenvalue weighted by molar-refractivity contribution is 6.04. The van der Waals surface area contributed by atoms with Crippen LogP contribution in [-0.4, -0.2) is 38.2 Å². The van der Waals surface area contributed by atoms with Gasteiger partial charge in [-0.15, -0.1) is 0 Å². The van der Waals surface area contributed by atoms with Crippen LogP contribution in [0.5, 0.6) is 11.5 Å². The quantitative estimate of drug-likeness (QED) is 0.221. The molecule has 4 aromatic carbocycles. The van der Waals surface area contributed by atoms with Gasteiger partial charge in [-0.25, -0.2) is 8.78 Å². The molecule has 2 N–H and O–H groups in total. The molecule has 2 amide bonds. The minimum atomic E-state index is -0.399. The van der Waals surface area contributed by atoms with Crippen molar-refractivity contribution >= 4 is 23.2 Å². The van der Waals surface area contributed by atoms with E-state index < -0.39 is 11.6 Å². The van der Waals surface area contributed by atoms with Gasteiger partial charge in [-0.2, -0.15) is 0 Å². The molecule has 0 saturated heterocycles. The van der Waals surface area contributed by atoms with Crippen LogP contribution in [0, 0.1) is 11.6 Å². The Balaban J connectivity index is 1.08. The predicted octanol–water partition coefficient (Wildman–Crippen LogP) is 5.94. The van der Waals surface area contributed by atoms with E-state index in [-0.39, 0.29) is 11.8 Å². The Kier molecular flexibility index (Phi) is 9.57. The Morgan fingerprint density at radius 1 is 0.513 bits per heavy atom. The van der Waals surface area contributed by atoms with E-state index in [9.17, 15) is 18.4 Å². The number of hydrogen-bond acceptors (Lipinski definition) is 5. The Labute approximate surface area is 224 Å². The van der Waals surface area contributed by atoms with Crippen LogP contribution < -0.4 is 20.1 Å². The highest BCUT2D eigenvalue weighted by Crippen LogP contribution is 2.18. The highest BCUT2D eigenvalue weighted by Gasteiger charge is 2.07. The summed E-state index contributed by atoms with van der Waals surface area (Å²) in [6, 6.07) is 24.4. The van der Waals surface area contributed by atoms with Crippen molar-refractivity contribution in [1.82, 2.24) is 0 Å². The van der Waals surface area contributed by atoms with E-state index in [4.69, 9.17) is 14.2 Å². The number of carbonyl (C=O) groups is 2. The molecule has 0 bridgehead atoms. The SMILES string of the molecule is O=C(Nc1ccc(OCCOCCOc2ccc(NC(=O)c3ccc(F)cc3)cc2)cc1)c1ccc(F)cc1. The second-order valence-corrected chi connectivity index (χ2v) is 8.28. The van der Waals surface area contributed by atoms with Crippen LogP contribution in [-0.2, 0) is 4.74 Å². The number of benzene rings is 4. The molecule has 200 valence electrons. The molecule has 4 aromatic rings. The fourth-order valence-electron chi connectivity index (χ4n) is 3.42. The van der Waals surface area contributed by atoms with Crippen molar-refractivity contribution in [2.24, 2.45) is 0 Å². The summed E-state index contributed by atoms with van der Waals surface area (Å²) in [6.07, 6.45) is 0. The van der Waals surface area contributed by atoms with Gasteiger partial charge in [0.1, 0.15) is 36.3 Å². The minimum absolute atomic E-state index is 0.330. The van der Waals surface area contributed by atoms with Crippen LogP contribution in [0.3, 0.4) is 0 Å². The smallest absolute Gasteiger partial charge is 0.255 e. The zero-order valence-electron chi connectivity index (χ0n) is 20.9. The molecule has 0 saturated carbocycles. The number of hydrogen-bond donors (Lipinski definition) is 2. The van der Waals surface area contributed by atoms with E-state index in [0.29, 0.717) is 60.4 Å². The third kappa shape index (κ3) is 8.65. The van der Waals surface area contributed by atoms with Gasteiger partial charge in [0.05, 0.1) is 13.2 Å². The summed E-state index contributed by atoms with van der Waals surface area (Å²) in [6.45, 7) is 1.40. The number of nitrogens with one attached hydrogen (secondary N) is 2. The summed E-state index contributed by atoms with van der Waals surface area (Å²) in [4.78, 5) is 24.4. The molecular weight excluding hydrogens is 506 g/mol. The molecule has 7 nitrogen and oxygen atoms in total. The summed E-state index contributed by atoms with van der Waals surface area (Å²) in [7, 11) is 0. The molecule has 0 aromatic heterocycles. The fraction of sp³-hybridized carbons (Fsp3) is 0.133. The van der Waals surface area contributed by atoms with E-state index in [1.807, 2.05) is 0 Å². The summed E-state index contributed by atoms with van der Waals surface area (Å²) in [5.41, 5.74) is 1.91. The van der Waals surface area contributed by atoms with Crippen molar-refractivity contribution in [2.75, 3.05) is 37.1 Å². The minimum Gasteiger partial charge on any atom is -0.491 e. The van der Waals surface area contributed by atoms with E-state index >= 15 is 0 Å². The van der Waals surface area contributed by atoms with Gasteiger partial charge < -0.3 is 24.8 Å². The first-order chi connectivity index (χ1) is 19.0. The zero-order valence-corrected chi connectivity index (χ0v) is 20.9. The maximum Gasteiger partial charge on any atom is 0.255 e. The van der Waals surface area contributed by atoms with Gasteiger partial charge in [-0.3, -0.25) is 9.59 Å². The Bertz CT molecular complexity index is 1250. The third-order valence-electron chi connectivity index (χ3n) is 5.43. The van der Waals surface area contributed by atoms with E-state index in [2.05, 4.69) is 10.6 Å². The number of halogens is 2. The van der Waals surface area contributed by atoms with Crippen LogP contribution in [0.4, 0.5) is 20.2 Å². The first kappa shape index (κ1) is 27.3. The average Bonchev–Trinajstić information content (AvgIpc) is 2.95. The summed E-state index contributed by atoms with van der Waals surface area (Å²) < 4.78 is 42.8. The van der Waals surface area contributed by atoms with Gasteiger partial charge in [0.2, 0.25) is 0 Å². The normalized spacial score (nSPS) is 10.5. The Morgan fingerprint density at radius 3 is 1.23 bits per heavy atom. The van der Waals surface area contributed by atoms with Crippen LogP contribution in [0.2, 0.25) is 0 Å². The molecule has 39 heavy (non-hydrogen) atoms. The molecule has 0 fully saturated rings. The van der Waals surface area contributed by atoms with Crippen molar-refractivity contribution in [2.45, 2.75) is 0 Å². The molecule has 9 heteroatoms.